The molecule has 0 bridgehead atoms. The summed E-state index contributed by atoms with van der Waals surface area (Å²) < 4.78 is 5.95. The van der Waals surface area contributed by atoms with Crippen LogP contribution in [0.5, 0.6) is 0 Å². The van der Waals surface area contributed by atoms with Crippen LogP contribution in [0.1, 0.15) is 22.5 Å². The van der Waals surface area contributed by atoms with Gasteiger partial charge in [-0.2, -0.15) is 11.8 Å². The van der Waals surface area contributed by atoms with Gasteiger partial charge in [0.05, 0.1) is 0 Å². The van der Waals surface area contributed by atoms with Gasteiger partial charge in [-0.05, 0) is 44.5 Å². The first-order chi connectivity index (χ1) is 11.1. The summed E-state index contributed by atoms with van der Waals surface area (Å²) in [5, 5.41) is 1.05. The van der Waals surface area contributed by atoms with Gasteiger partial charge in [0.15, 0.2) is 5.76 Å². The molecule has 0 spiro atoms. The fourth-order valence-electron chi connectivity index (χ4n) is 3.28. The maximum absolute atomic E-state index is 13.0. The second-order valence-electron chi connectivity index (χ2n) is 6.50. The van der Waals surface area contributed by atoms with Crippen molar-refractivity contribution in [1.82, 2.24) is 9.80 Å². The fourth-order valence-corrected chi connectivity index (χ4v) is 4.02. The molecule has 1 amide bonds. The first-order valence-corrected chi connectivity index (χ1v) is 9.43. The van der Waals surface area contributed by atoms with Crippen LogP contribution in [0.4, 0.5) is 0 Å². The molecule has 1 atom stereocenters. The van der Waals surface area contributed by atoms with E-state index in [-0.39, 0.29) is 5.91 Å². The van der Waals surface area contributed by atoms with E-state index in [4.69, 9.17) is 4.42 Å². The number of furan rings is 1. The number of fused-ring (bicyclic) bond motifs is 1. The number of rotatable bonds is 5. The van der Waals surface area contributed by atoms with Crippen LogP contribution >= 0.6 is 11.8 Å². The normalized spacial score (nSPS) is 18.3. The molecule has 0 radical (unpaired) electrons. The van der Waals surface area contributed by atoms with Gasteiger partial charge in [0, 0.05) is 30.6 Å². The van der Waals surface area contributed by atoms with Gasteiger partial charge in [-0.15, -0.1) is 0 Å². The Labute approximate surface area is 141 Å². The molecule has 1 aliphatic rings. The Kier molecular flexibility index (Phi) is 4.97. The molecular weight excluding hydrogens is 308 g/mol. The number of benzene rings is 1. The van der Waals surface area contributed by atoms with E-state index in [0.717, 1.165) is 41.8 Å². The quantitative estimate of drug-likeness (QED) is 0.842. The number of thioether (sulfide) groups is 1. The molecule has 1 fully saturated rings. The van der Waals surface area contributed by atoms with Crippen LogP contribution in [-0.2, 0) is 6.54 Å². The van der Waals surface area contributed by atoms with Gasteiger partial charge < -0.3 is 14.2 Å². The van der Waals surface area contributed by atoms with Crippen molar-refractivity contribution in [2.24, 2.45) is 5.92 Å². The molecule has 4 nitrogen and oxygen atoms in total. The van der Waals surface area contributed by atoms with Crippen LogP contribution in [0, 0.1) is 5.92 Å². The predicted molar refractivity (Wildman–Crippen MR) is 96.0 cm³/mol. The average molecular weight is 332 g/mol. The molecule has 2 heterocycles. The zero-order valence-corrected chi connectivity index (χ0v) is 14.9. The topological polar surface area (TPSA) is 36.7 Å². The van der Waals surface area contributed by atoms with Gasteiger partial charge in [-0.3, -0.25) is 4.79 Å². The summed E-state index contributed by atoms with van der Waals surface area (Å²) in [6, 6.07) is 7.92. The van der Waals surface area contributed by atoms with Crippen LogP contribution in [0.2, 0.25) is 0 Å². The Morgan fingerprint density at radius 3 is 2.91 bits per heavy atom. The van der Waals surface area contributed by atoms with E-state index in [1.807, 2.05) is 55.0 Å². The van der Waals surface area contributed by atoms with E-state index in [1.54, 1.807) is 0 Å². The highest BCUT2D eigenvalue weighted by Gasteiger charge is 2.30. The smallest absolute Gasteiger partial charge is 0.289 e. The van der Waals surface area contributed by atoms with E-state index in [1.165, 1.54) is 0 Å². The first-order valence-electron chi connectivity index (χ1n) is 8.03. The largest absolute Gasteiger partial charge is 0.451 e. The lowest BCUT2D eigenvalue weighted by atomic mass is 10.1. The number of likely N-dealkylation sites (tertiary alicyclic amines) is 1. The standard InChI is InChI=1S/C18H24N2O2S/c1-19(2)11-15-14-6-4-5-7-16(14)22-17(15)18(21)20-9-8-13(10-20)12-23-3/h4-7,13H,8-12H2,1-3H3/t13-/m1/s1. The minimum atomic E-state index is 0.0432. The summed E-state index contributed by atoms with van der Waals surface area (Å²) in [5.74, 6) is 2.29. The lowest BCUT2D eigenvalue weighted by Gasteiger charge is -2.17. The Hall–Kier alpha value is -1.46. The van der Waals surface area contributed by atoms with Crippen molar-refractivity contribution in [2.45, 2.75) is 13.0 Å². The molecular formula is C18H24N2O2S. The minimum absolute atomic E-state index is 0.0432. The van der Waals surface area contributed by atoms with Gasteiger partial charge >= 0.3 is 0 Å². The van der Waals surface area contributed by atoms with Gasteiger partial charge in [0.25, 0.3) is 5.91 Å². The van der Waals surface area contributed by atoms with Crippen molar-refractivity contribution in [3.05, 3.63) is 35.6 Å². The van der Waals surface area contributed by atoms with Crippen LogP contribution in [0.15, 0.2) is 28.7 Å². The number of para-hydroxylation sites is 1. The van der Waals surface area contributed by atoms with Crippen molar-refractivity contribution in [2.75, 3.05) is 39.2 Å². The molecule has 3 rings (SSSR count). The van der Waals surface area contributed by atoms with E-state index in [2.05, 4.69) is 11.2 Å². The second-order valence-corrected chi connectivity index (χ2v) is 7.42. The van der Waals surface area contributed by atoms with Gasteiger partial charge in [0.2, 0.25) is 0 Å². The monoisotopic (exact) mass is 332 g/mol. The van der Waals surface area contributed by atoms with Crippen LogP contribution < -0.4 is 0 Å². The third kappa shape index (κ3) is 3.40. The average Bonchev–Trinajstić information content (AvgIpc) is 3.12. The highest BCUT2D eigenvalue weighted by Crippen LogP contribution is 2.29. The number of amides is 1. The van der Waals surface area contributed by atoms with Crippen molar-refractivity contribution in [1.29, 1.82) is 0 Å². The summed E-state index contributed by atoms with van der Waals surface area (Å²) in [7, 11) is 4.03. The highest BCUT2D eigenvalue weighted by atomic mass is 32.2. The van der Waals surface area contributed by atoms with Crippen LogP contribution in [-0.4, -0.2) is 54.9 Å². The molecule has 2 aromatic rings. The molecule has 0 saturated carbocycles. The number of carbonyl (C=O) groups excluding carboxylic acids is 1. The SMILES string of the molecule is CSC[C@@H]1CCN(C(=O)c2oc3ccccc3c2CN(C)C)C1. The molecule has 1 saturated heterocycles. The van der Waals surface area contributed by atoms with Crippen molar-refractivity contribution >= 4 is 28.6 Å². The van der Waals surface area contributed by atoms with E-state index >= 15 is 0 Å². The molecule has 1 aromatic carbocycles. The Morgan fingerprint density at radius 1 is 1.39 bits per heavy atom. The zero-order valence-electron chi connectivity index (χ0n) is 14.0. The summed E-state index contributed by atoms with van der Waals surface area (Å²) in [6.07, 6.45) is 3.22. The third-order valence-electron chi connectivity index (χ3n) is 4.34. The van der Waals surface area contributed by atoms with Gasteiger partial charge in [0.1, 0.15) is 5.58 Å². The summed E-state index contributed by atoms with van der Waals surface area (Å²) in [5.41, 5.74) is 1.80. The molecule has 23 heavy (non-hydrogen) atoms. The maximum atomic E-state index is 13.0. The van der Waals surface area contributed by atoms with E-state index < -0.39 is 0 Å². The molecule has 1 aliphatic heterocycles. The van der Waals surface area contributed by atoms with Crippen molar-refractivity contribution in [3.8, 4) is 0 Å². The molecule has 1 aromatic heterocycles. The van der Waals surface area contributed by atoms with Crippen LogP contribution in [0.25, 0.3) is 11.0 Å². The number of nitrogens with zero attached hydrogens (tertiary/aromatic N) is 2. The third-order valence-corrected chi connectivity index (χ3v) is 5.15. The van der Waals surface area contributed by atoms with E-state index in [0.29, 0.717) is 18.2 Å². The zero-order chi connectivity index (χ0) is 16.4. The van der Waals surface area contributed by atoms with Crippen molar-refractivity contribution in [3.63, 3.8) is 0 Å². The summed E-state index contributed by atoms with van der Waals surface area (Å²) >= 11 is 1.86. The summed E-state index contributed by atoms with van der Waals surface area (Å²) in [6.45, 7) is 2.39. The molecule has 0 N–H and O–H groups in total. The maximum Gasteiger partial charge on any atom is 0.289 e. The molecule has 0 unspecified atom stereocenters. The molecule has 124 valence electrons. The second kappa shape index (κ2) is 6.97. The Bertz CT molecular complexity index is 695. The number of carbonyl (C=O) groups is 1. The van der Waals surface area contributed by atoms with Gasteiger partial charge in [-0.1, -0.05) is 18.2 Å². The summed E-state index contributed by atoms with van der Waals surface area (Å²) in [4.78, 5) is 17.0. The Balaban J connectivity index is 1.91. The number of hydrogen-bond donors (Lipinski definition) is 0. The predicted octanol–water partition coefficient (Wildman–Crippen LogP) is 3.32. The van der Waals surface area contributed by atoms with Gasteiger partial charge in [-0.25, -0.2) is 0 Å². The van der Waals surface area contributed by atoms with Crippen LogP contribution in [0.3, 0.4) is 0 Å². The highest BCUT2D eigenvalue weighted by molar-refractivity contribution is 7.98. The molecule has 5 heteroatoms. The van der Waals surface area contributed by atoms with E-state index in [9.17, 15) is 4.79 Å². The lowest BCUT2D eigenvalue weighted by molar-refractivity contribution is 0.0756. The van der Waals surface area contributed by atoms with Crippen molar-refractivity contribution < 1.29 is 9.21 Å². The number of hydrogen-bond acceptors (Lipinski definition) is 4. The first kappa shape index (κ1) is 16.4. The lowest BCUT2D eigenvalue weighted by Crippen LogP contribution is -2.29. The Morgan fingerprint density at radius 2 is 2.17 bits per heavy atom. The minimum Gasteiger partial charge on any atom is -0.451 e. The molecule has 0 aliphatic carbocycles. The fraction of sp³-hybridized carbons (Fsp3) is 0.500.